The number of benzene rings is 2. The minimum Gasteiger partial charge on any atom is -0.497 e. The van der Waals surface area contributed by atoms with Crippen molar-refractivity contribution < 1.29 is 28.4 Å². The number of methoxy groups -OCH3 is 2. The first-order valence-corrected chi connectivity index (χ1v) is 14.4. The van der Waals surface area contributed by atoms with Crippen LogP contribution in [0.1, 0.15) is 40.0 Å². The van der Waals surface area contributed by atoms with Crippen LogP contribution in [0.15, 0.2) is 48.5 Å². The summed E-state index contributed by atoms with van der Waals surface area (Å²) in [6, 6.07) is 16.1. The predicted octanol–water partition coefficient (Wildman–Crippen LogP) is 5.72. The number of nitrogens with one attached hydrogen (secondary N) is 1. The van der Waals surface area contributed by atoms with Gasteiger partial charge in [-0.15, -0.1) is 0 Å². The number of hydrogen-bond donors (Lipinski definition) is 1. The second-order valence-electron chi connectivity index (χ2n) is 9.27. The van der Waals surface area contributed by atoms with E-state index in [9.17, 15) is 0 Å². The van der Waals surface area contributed by atoms with Crippen molar-refractivity contribution in [2.45, 2.75) is 51.6 Å². The smallest absolute Gasteiger partial charge is 0.171 e. The normalized spacial score (nSPS) is 18.7. The monoisotopic (exact) mass is 658 g/mol. The summed E-state index contributed by atoms with van der Waals surface area (Å²) >= 11 is 2.25. The fourth-order valence-corrected chi connectivity index (χ4v) is 5.14. The maximum atomic E-state index is 5.74. The number of rotatable bonds is 7. The van der Waals surface area contributed by atoms with Gasteiger partial charge in [0.25, 0.3) is 0 Å². The molecule has 0 saturated carbocycles. The summed E-state index contributed by atoms with van der Waals surface area (Å²) in [5, 5.41) is 3.09. The number of nitrogens with zero attached hydrogens (tertiary/aromatic N) is 1. The van der Waals surface area contributed by atoms with E-state index in [4.69, 9.17) is 28.4 Å². The van der Waals surface area contributed by atoms with E-state index in [0.29, 0.717) is 0 Å². The molecule has 2 aromatic carbocycles. The zero-order chi connectivity index (χ0) is 27.3. The summed E-state index contributed by atoms with van der Waals surface area (Å²) in [5.41, 5.74) is 1.21. The Bertz CT molecular complexity index is 941. The highest BCUT2D eigenvalue weighted by Crippen LogP contribution is 2.34. The van der Waals surface area contributed by atoms with Crippen LogP contribution in [-0.2, 0) is 18.9 Å². The molecule has 5 rings (SSSR count). The molecule has 3 heterocycles. The summed E-state index contributed by atoms with van der Waals surface area (Å²) in [6.07, 6.45) is 3.75. The topological polar surface area (TPSA) is 70.7 Å². The van der Waals surface area contributed by atoms with Crippen LogP contribution in [0.2, 0.25) is 0 Å². The zero-order valence-electron chi connectivity index (χ0n) is 23.2. The van der Waals surface area contributed by atoms with Crippen LogP contribution in [-0.4, -0.2) is 78.9 Å². The van der Waals surface area contributed by atoms with Gasteiger partial charge in [-0.3, -0.25) is 0 Å². The zero-order valence-corrected chi connectivity index (χ0v) is 25.3. The third kappa shape index (κ3) is 10.4. The molecule has 0 aliphatic carbocycles. The standard InChI is InChI=1S/C14H19NO3.C8H17NO2.C7H7IO.CH4/c1-16-13-4-2-3-12(11-13)15-7-5-14(6-8-15)17-9-10-18-14;1-3-8(4-5-9-2)10-6-7-11-8;1-9-7-4-2-3-6(8)5-7;/h2-4,11H,5-10H2,1H3;9H,3-7H2,1-2H3;2-5H,1H3;1H4. The predicted molar refractivity (Wildman–Crippen MR) is 165 cm³/mol. The third-order valence-corrected chi connectivity index (χ3v) is 7.57. The molecule has 1 spiro atoms. The van der Waals surface area contributed by atoms with Gasteiger partial charge in [0.15, 0.2) is 11.6 Å². The lowest BCUT2D eigenvalue weighted by Crippen LogP contribution is -2.45. The molecule has 0 amide bonds. The number of anilines is 1. The Labute approximate surface area is 248 Å². The van der Waals surface area contributed by atoms with Gasteiger partial charge in [-0.25, -0.2) is 0 Å². The number of piperidine rings is 1. The molecule has 0 aromatic heterocycles. The molecular formula is C30H47IN2O6. The molecular weight excluding hydrogens is 611 g/mol. The Morgan fingerprint density at radius 2 is 1.44 bits per heavy atom. The van der Waals surface area contributed by atoms with Crippen molar-refractivity contribution in [2.75, 3.05) is 72.2 Å². The van der Waals surface area contributed by atoms with Crippen molar-refractivity contribution in [1.82, 2.24) is 5.32 Å². The molecule has 39 heavy (non-hydrogen) atoms. The maximum absolute atomic E-state index is 5.74. The van der Waals surface area contributed by atoms with Gasteiger partial charge in [0.2, 0.25) is 0 Å². The highest BCUT2D eigenvalue weighted by molar-refractivity contribution is 14.1. The Hall–Kier alpha value is -1.63. The molecule has 1 N–H and O–H groups in total. The van der Waals surface area contributed by atoms with Gasteiger partial charge in [-0.1, -0.05) is 26.5 Å². The molecule has 9 heteroatoms. The van der Waals surface area contributed by atoms with Crippen LogP contribution in [0, 0.1) is 3.57 Å². The number of hydrogen-bond acceptors (Lipinski definition) is 8. The average molecular weight is 659 g/mol. The van der Waals surface area contributed by atoms with Crippen molar-refractivity contribution in [2.24, 2.45) is 0 Å². The Morgan fingerprint density at radius 3 is 1.95 bits per heavy atom. The van der Waals surface area contributed by atoms with E-state index in [1.165, 1.54) is 9.26 Å². The van der Waals surface area contributed by atoms with Crippen LogP contribution >= 0.6 is 22.6 Å². The van der Waals surface area contributed by atoms with Gasteiger partial charge in [0.1, 0.15) is 11.5 Å². The van der Waals surface area contributed by atoms with Crippen molar-refractivity contribution >= 4 is 28.3 Å². The van der Waals surface area contributed by atoms with Crippen molar-refractivity contribution in [3.8, 4) is 11.5 Å². The molecule has 0 bridgehead atoms. The molecule has 3 aliphatic heterocycles. The molecule has 2 aromatic rings. The lowest BCUT2D eigenvalue weighted by molar-refractivity contribution is -0.169. The van der Waals surface area contributed by atoms with E-state index < -0.39 is 0 Å². The van der Waals surface area contributed by atoms with Gasteiger partial charge in [-0.05, 0) is 72.9 Å². The van der Waals surface area contributed by atoms with E-state index in [-0.39, 0.29) is 19.0 Å². The van der Waals surface area contributed by atoms with Crippen LogP contribution in [0.25, 0.3) is 0 Å². The minimum absolute atomic E-state index is 0. The van der Waals surface area contributed by atoms with Crippen molar-refractivity contribution in [3.63, 3.8) is 0 Å². The van der Waals surface area contributed by atoms with Crippen LogP contribution < -0.4 is 19.7 Å². The van der Waals surface area contributed by atoms with Crippen molar-refractivity contribution in [3.05, 3.63) is 52.1 Å². The summed E-state index contributed by atoms with van der Waals surface area (Å²) in [6.45, 7) is 7.95. The van der Waals surface area contributed by atoms with E-state index >= 15 is 0 Å². The largest absolute Gasteiger partial charge is 0.497 e. The lowest BCUT2D eigenvalue weighted by atomic mass is 10.0. The second-order valence-corrected chi connectivity index (χ2v) is 10.5. The molecule has 3 saturated heterocycles. The highest BCUT2D eigenvalue weighted by atomic mass is 127. The highest BCUT2D eigenvalue weighted by Gasteiger charge is 2.39. The fraction of sp³-hybridized carbons (Fsp3) is 0.600. The SMILES string of the molecule is C.CCC1(CCNC)OCCO1.COc1cccc(I)c1.COc1cccc(N2CCC3(CC2)OCCO3)c1. The van der Waals surface area contributed by atoms with Gasteiger partial charge in [-0.2, -0.15) is 0 Å². The van der Waals surface area contributed by atoms with Gasteiger partial charge in [0, 0.05) is 47.7 Å². The van der Waals surface area contributed by atoms with Crippen molar-refractivity contribution in [1.29, 1.82) is 0 Å². The second kappa shape index (κ2) is 17.2. The first kappa shape index (κ1) is 33.6. The average Bonchev–Trinajstić information content (AvgIpc) is 3.63. The molecule has 220 valence electrons. The minimum atomic E-state index is -0.296. The number of ether oxygens (including phenoxy) is 6. The number of halogens is 1. The van der Waals surface area contributed by atoms with E-state index in [2.05, 4.69) is 51.9 Å². The lowest BCUT2D eigenvalue weighted by Gasteiger charge is -2.38. The maximum Gasteiger partial charge on any atom is 0.171 e. The van der Waals surface area contributed by atoms with Gasteiger partial charge < -0.3 is 38.6 Å². The van der Waals surface area contributed by atoms with E-state index in [1.54, 1.807) is 14.2 Å². The Balaban J connectivity index is 0.000000219. The van der Waals surface area contributed by atoms with Crippen LogP contribution in [0.5, 0.6) is 11.5 Å². The first-order valence-electron chi connectivity index (χ1n) is 13.4. The molecule has 3 aliphatic rings. The van der Waals surface area contributed by atoms with Crippen LogP contribution in [0.3, 0.4) is 0 Å². The third-order valence-electron chi connectivity index (χ3n) is 6.90. The fourth-order valence-electron chi connectivity index (χ4n) is 4.63. The molecule has 0 radical (unpaired) electrons. The summed E-state index contributed by atoms with van der Waals surface area (Å²) in [5.74, 6) is 1.25. The summed E-state index contributed by atoms with van der Waals surface area (Å²) < 4.78 is 34.0. The first-order chi connectivity index (χ1) is 18.5. The van der Waals surface area contributed by atoms with E-state index in [0.717, 1.165) is 83.2 Å². The van der Waals surface area contributed by atoms with E-state index in [1.807, 2.05) is 43.4 Å². The Morgan fingerprint density at radius 1 is 0.872 bits per heavy atom. The Kier molecular flexibility index (Phi) is 14.8. The summed E-state index contributed by atoms with van der Waals surface area (Å²) in [7, 11) is 5.31. The molecule has 8 nitrogen and oxygen atoms in total. The van der Waals surface area contributed by atoms with Gasteiger partial charge in [0.05, 0.1) is 40.6 Å². The van der Waals surface area contributed by atoms with Crippen LogP contribution in [0.4, 0.5) is 5.69 Å². The quantitative estimate of drug-likeness (QED) is 0.379. The molecule has 0 unspecified atom stereocenters. The summed E-state index contributed by atoms with van der Waals surface area (Å²) in [4.78, 5) is 2.36. The molecule has 0 atom stereocenters. The van der Waals surface area contributed by atoms with Gasteiger partial charge >= 0.3 is 0 Å². The molecule has 3 fully saturated rings.